The summed E-state index contributed by atoms with van der Waals surface area (Å²) in [6, 6.07) is 7.52. The topological polar surface area (TPSA) is 125 Å². The number of hydrogen-bond donors (Lipinski definition) is 4. The number of anilines is 3. The number of benzene rings is 1. The molecule has 0 spiro atoms. The Labute approximate surface area is 194 Å². The number of carbonyl (C=O) groups excluding carboxylic acids is 2. The first-order valence-corrected chi connectivity index (χ1v) is 11.6. The van der Waals surface area contributed by atoms with Gasteiger partial charge in [-0.15, -0.1) is 0 Å². The van der Waals surface area contributed by atoms with Crippen LogP contribution in [0.5, 0.6) is 0 Å². The molecule has 2 fully saturated rings. The maximum atomic E-state index is 12.6. The smallest absolute Gasteiger partial charge is 0.251 e. The van der Waals surface area contributed by atoms with Crippen LogP contribution in [-0.2, 0) is 4.79 Å². The Morgan fingerprint density at radius 1 is 1.09 bits per heavy atom. The van der Waals surface area contributed by atoms with Crippen LogP contribution in [0.2, 0.25) is 0 Å². The molecule has 1 saturated carbocycles. The highest BCUT2D eigenvalue weighted by Crippen LogP contribution is 2.29. The summed E-state index contributed by atoms with van der Waals surface area (Å²) in [5.74, 6) is 0.647. The fourth-order valence-electron chi connectivity index (χ4n) is 4.55. The van der Waals surface area contributed by atoms with Gasteiger partial charge in [-0.1, -0.05) is 6.42 Å². The number of primary amides is 1. The van der Waals surface area contributed by atoms with E-state index in [1.807, 2.05) is 19.1 Å². The lowest BCUT2D eigenvalue weighted by molar-refractivity contribution is -0.121. The van der Waals surface area contributed by atoms with Gasteiger partial charge in [0.25, 0.3) is 5.91 Å². The molecule has 1 aromatic carbocycles. The number of carbonyl (C=O) groups is 2. The molecule has 1 aliphatic heterocycles. The van der Waals surface area contributed by atoms with E-state index in [1.54, 1.807) is 18.3 Å². The number of rotatable bonds is 7. The summed E-state index contributed by atoms with van der Waals surface area (Å²) in [4.78, 5) is 35.5. The summed E-state index contributed by atoms with van der Waals surface area (Å²) in [6.45, 7) is 3.94. The number of likely N-dealkylation sites (tertiary alicyclic amines) is 1. The minimum atomic E-state index is -0.269. The highest BCUT2D eigenvalue weighted by Gasteiger charge is 2.32. The first-order valence-electron chi connectivity index (χ1n) is 11.6. The molecule has 9 nitrogen and oxygen atoms in total. The number of hydrogen-bond acceptors (Lipinski definition) is 7. The molecule has 0 radical (unpaired) electrons. The predicted molar refractivity (Wildman–Crippen MR) is 128 cm³/mol. The molecule has 5 N–H and O–H groups in total. The van der Waals surface area contributed by atoms with Gasteiger partial charge >= 0.3 is 0 Å². The van der Waals surface area contributed by atoms with Crippen molar-refractivity contribution < 1.29 is 9.59 Å². The van der Waals surface area contributed by atoms with Crippen LogP contribution in [0.15, 0.2) is 30.5 Å². The molecule has 2 atom stereocenters. The maximum absolute atomic E-state index is 12.6. The molecule has 2 aliphatic rings. The second-order valence-corrected chi connectivity index (χ2v) is 9.17. The Morgan fingerprint density at radius 3 is 2.52 bits per heavy atom. The van der Waals surface area contributed by atoms with Gasteiger partial charge in [-0.25, -0.2) is 4.98 Å². The second-order valence-electron chi connectivity index (χ2n) is 9.17. The van der Waals surface area contributed by atoms with Crippen molar-refractivity contribution in [2.45, 2.75) is 51.1 Å². The first kappa shape index (κ1) is 23.0. The molecule has 1 aromatic heterocycles. The van der Waals surface area contributed by atoms with Gasteiger partial charge in [-0.3, -0.25) is 9.59 Å². The third-order valence-corrected chi connectivity index (χ3v) is 6.63. The van der Waals surface area contributed by atoms with E-state index >= 15 is 0 Å². The minimum Gasteiger partial charge on any atom is -0.369 e. The van der Waals surface area contributed by atoms with Crippen LogP contribution >= 0.6 is 0 Å². The van der Waals surface area contributed by atoms with Crippen LogP contribution in [-0.4, -0.2) is 58.9 Å². The SMILES string of the molecule is Cc1cnc(Nc2ccc(C(=O)NC3CCN(C)CC3)cc2)nc1N[C@@H]1CCC[C@@H]1C(N)=O. The predicted octanol–water partition coefficient (Wildman–Crippen LogP) is 2.42. The highest BCUT2D eigenvalue weighted by molar-refractivity contribution is 5.94. The van der Waals surface area contributed by atoms with Gasteiger partial charge in [0.2, 0.25) is 11.9 Å². The molecule has 4 rings (SSSR count). The summed E-state index contributed by atoms with van der Waals surface area (Å²) >= 11 is 0. The van der Waals surface area contributed by atoms with Crippen molar-refractivity contribution in [3.05, 3.63) is 41.6 Å². The summed E-state index contributed by atoms with van der Waals surface area (Å²) in [6.07, 6.45) is 6.36. The number of piperidine rings is 1. The molecular formula is C24H33N7O2. The summed E-state index contributed by atoms with van der Waals surface area (Å²) < 4.78 is 0. The average Bonchev–Trinajstić information content (AvgIpc) is 3.27. The lowest BCUT2D eigenvalue weighted by Gasteiger charge is -2.29. The van der Waals surface area contributed by atoms with Gasteiger partial charge in [0.1, 0.15) is 5.82 Å². The van der Waals surface area contributed by atoms with Gasteiger partial charge in [0, 0.05) is 35.1 Å². The van der Waals surface area contributed by atoms with Crippen molar-refractivity contribution in [3.8, 4) is 0 Å². The lowest BCUT2D eigenvalue weighted by Crippen LogP contribution is -2.43. The Balaban J connectivity index is 1.37. The van der Waals surface area contributed by atoms with Crippen LogP contribution in [0.25, 0.3) is 0 Å². The number of aromatic nitrogens is 2. The van der Waals surface area contributed by atoms with Gasteiger partial charge < -0.3 is 26.6 Å². The van der Waals surface area contributed by atoms with Crippen molar-refractivity contribution in [2.24, 2.45) is 11.7 Å². The quantitative estimate of drug-likeness (QED) is 0.509. The molecule has 176 valence electrons. The Kier molecular flexibility index (Phi) is 7.08. The van der Waals surface area contributed by atoms with Gasteiger partial charge in [-0.2, -0.15) is 4.98 Å². The zero-order valence-electron chi connectivity index (χ0n) is 19.3. The summed E-state index contributed by atoms with van der Waals surface area (Å²) in [5, 5.41) is 9.71. The Morgan fingerprint density at radius 2 is 1.82 bits per heavy atom. The average molecular weight is 452 g/mol. The van der Waals surface area contributed by atoms with Crippen molar-refractivity contribution in [3.63, 3.8) is 0 Å². The third-order valence-electron chi connectivity index (χ3n) is 6.63. The molecule has 1 aliphatic carbocycles. The van der Waals surface area contributed by atoms with Crippen LogP contribution in [0.1, 0.15) is 48.0 Å². The van der Waals surface area contributed by atoms with Crippen LogP contribution in [0.4, 0.5) is 17.5 Å². The van der Waals surface area contributed by atoms with Gasteiger partial charge in [-0.05, 0) is 77.0 Å². The fourth-order valence-corrected chi connectivity index (χ4v) is 4.55. The zero-order valence-corrected chi connectivity index (χ0v) is 19.3. The van der Waals surface area contributed by atoms with E-state index in [2.05, 4.69) is 37.9 Å². The molecule has 0 bridgehead atoms. The molecular weight excluding hydrogens is 418 g/mol. The van der Waals surface area contributed by atoms with E-state index in [0.29, 0.717) is 17.3 Å². The Bertz CT molecular complexity index is 987. The molecule has 9 heteroatoms. The van der Waals surface area contributed by atoms with Crippen molar-refractivity contribution in [1.82, 2.24) is 20.2 Å². The Hall–Kier alpha value is -3.20. The minimum absolute atomic E-state index is 0.00805. The molecule has 0 unspecified atom stereocenters. The first-order chi connectivity index (χ1) is 15.9. The fraction of sp³-hybridized carbons (Fsp3) is 0.500. The van der Waals surface area contributed by atoms with Crippen molar-refractivity contribution in [2.75, 3.05) is 30.8 Å². The molecule has 2 heterocycles. The zero-order chi connectivity index (χ0) is 23.4. The third kappa shape index (κ3) is 5.78. The summed E-state index contributed by atoms with van der Waals surface area (Å²) in [7, 11) is 2.10. The van der Waals surface area contributed by atoms with Crippen molar-refractivity contribution in [1.29, 1.82) is 0 Å². The number of nitrogens with two attached hydrogens (primary N) is 1. The van der Waals surface area contributed by atoms with Gasteiger partial charge in [0.15, 0.2) is 0 Å². The van der Waals surface area contributed by atoms with E-state index < -0.39 is 0 Å². The van der Waals surface area contributed by atoms with E-state index in [9.17, 15) is 9.59 Å². The number of nitrogens with one attached hydrogen (secondary N) is 3. The van der Waals surface area contributed by atoms with Gasteiger partial charge in [0.05, 0.1) is 5.92 Å². The number of amides is 2. The number of aryl methyl sites for hydroxylation is 1. The second kappa shape index (κ2) is 10.2. The largest absolute Gasteiger partial charge is 0.369 e. The van der Waals surface area contributed by atoms with Crippen LogP contribution in [0, 0.1) is 12.8 Å². The number of nitrogens with zero attached hydrogens (tertiary/aromatic N) is 3. The molecule has 2 aromatic rings. The standard InChI is InChI=1S/C24H33N7O2/c1-15-14-26-24(30-22(15)29-20-5-3-4-19(20)21(25)32)28-17-8-6-16(7-9-17)23(33)27-18-10-12-31(2)13-11-18/h6-9,14,18-20H,3-5,10-13H2,1-2H3,(H2,25,32)(H,27,33)(H2,26,28,29,30)/t19-,20+/m0/s1. The lowest BCUT2D eigenvalue weighted by atomic mass is 10.0. The molecule has 2 amide bonds. The van der Waals surface area contributed by atoms with Crippen LogP contribution < -0.4 is 21.7 Å². The summed E-state index contributed by atoms with van der Waals surface area (Å²) in [5.41, 5.74) is 7.87. The maximum Gasteiger partial charge on any atom is 0.251 e. The van der Waals surface area contributed by atoms with E-state index in [0.717, 1.165) is 56.4 Å². The normalized spacial score (nSPS) is 21.5. The molecule has 33 heavy (non-hydrogen) atoms. The molecule has 1 saturated heterocycles. The van der Waals surface area contributed by atoms with E-state index in [4.69, 9.17) is 5.73 Å². The monoisotopic (exact) mass is 451 g/mol. The van der Waals surface area contributed by atoms with Crippen molar-refractivity contribution >= 4 is 29.3 Å². The van der Waals surface area contributed by atoms with E-state index in [-0.39, 0.29) is 29.8 Å². The van der Waals surface area contributed by atoms with Crippen LogP contribution in [0.3, 0.4) is 0 Å². The highest BCUT2D eigenvalue weighted by atomic mass is 16.2. The van der Waals surface area contributed by atoms with E-state index in [1.165, 1.54) is 0 Å².